The van der Waals surface area contributed by atoms with Crippen molar-refractivity contribution < 1.29 is 19.7 Å². The number of phenols is 1. The van der Waals surface area contributed by atoms with Crippen molar-refractivity contribution in [1.29, 1.82) is 0 Å². The van der Waals surface area contributed by atoms with E-state index >= 15 is 0 Å². The number of aromatic hydroxyl groups is 1. The zero-order chi connectivity index (χ0) is 13.1. The van der Waals surface area contributed by atoms with Gasteiger partial charge in [-0.05, 0) is 37.1 Å². The number of hydrogen-bond acceptors (Lipinski definition) is 4. The number of ether oxygens (including phenoxy) is 1. The van der Waals surface area contributed by atoms with E-state index in [1.54, 1.807) is 12.1 Å². The van der Waals surface area contributed by atoms with Crippen molar-refractivity contribution in [3.63, 3.8) is 0 Å². The molecule has 0 bridgehead atoms. The lowest BCUT2D eigenvalue weighted by molar-refractivity contribution is -0.142. The minimum absolute atomic E-state index is 0.0843. The number of methoxy groups -OCH3 is 1. The second-order valence-corrected chi connectivity index (χ2v) is 4.47. The summed E-state index contributed by atoms with van der Waals surface area (Å²) in [6.07, 6.45) is 1.59. The van der Waals surface area contributed by atoms with Crippen LogP contribution in [0.25, 0.3) is 0 Å². The van der Waals surface area contributed by atoms with Crippen molar-refractivity contribution >= 4 is 5.97 Å². The van der Waals surface area contributed by atoms with Crippen LogP contribution < -0.4 is 4.74 Å². The fourth-order valence-corrected chi connectivity index (χ4v) is 2.36. The van der Waals surface area contributed by atoms with E-state index in [4.69, 9.17) is 9.84 Å². The van der Waals surface area contributed by atoms with Crippen molar-refractivity contribution in [2.24, 2.45) is 0 Å². The number of carbonyl (C=O) groups is 1. The molecular weight excluding hydrogens is 234 g/mol. The summed E-state index contributed by atoms with van der Waals surface area (Å²) >= 11 is 0. The first-order valence-electron chi connectivity index (χ1n) is 5.94. The Hall–Kier alpha value is -1.75. The van der Waals surface area contributed by atoms with E-state index in [1.165, 1.54) is 7.11 Å². The Morgan fingerprint density at radius 3 is 2.94 bits per heavy atom. The van der Waals surface area contributed by atoms with Gasteiger partial charge in [0.15, 0.2) is 11.5 Å². The Labute approximate surface area is 106 Å². The normalized spacial score (nSPS) is 19.9. The van der Waals surface area contributed by atoms with Gasteiger partial charge in [0.2, 0.25) is 0 Å². The molecule has 5 heteroatoms. The van der Waals surface area contributed by atoms with Gasteiger partial charge in [-0.1, -0.05) is 6.07 Å². The van der Waals surface area contributed by atoms with Crippen LogP contribution in [0.4, 0.5) is 0 Å². The summed E-state index contributed by atoms with van der Waals surface area (Å²) < 4.78 is 4.97. The molecule has 1 aromatic carbocycles. The Morgan fingerprint density at radius 1 is 1.56 bits per heavy atom. The zero-order valence-corrected chi connectivity index (χ0v) is 10.3. The SMILES string of the molecule is COc1ccc(CN2CCCC2C(=O)O)cc1O. The Bertz CT molecular complexity index is 447. The summed E-state index contributed by atoms with van der Waals surface area (Å²) in [5, 5.41) is 18.8. The fraction of sp³-hybridized carbons (Fsp3) is 0.462. The van der Waals surface area contributed by atoms with Crippen molar-refractivity contribution in [3.05, 3.63) is 23.8 Å². The van der Waals surface area contributed by atoms with Crippen LogP contribution in [-0.4, -0.2) is 40.8 Å². The molecule has 5 nitrogen and oxygen atoms in total. The first-order chi connectivity index (χ1) is 8.61. The van der Waals surface area contributed by atoms with E-state index in [1.807, 2.05) is 11.0 Å². The van der Waals surface area contributed by atoms with Crippen LogP contribution in [0.2, 0.25) is 0 Å². The lowest BCUT2D eigenvalue weighted by Gasteiger charge is -2.21. The molecule has 1 unspecified atom stereocenters. The maximum atomic E-state index is 11.1. The van der Waals surface area contributed by atoms with Gasteiger partial charge in [0, 0.05) is 6.54 Å². The predicted molar refractivity (Wildman–Crippen MR) is 65.7 cm³/mol. The highest BCUT2D eigenvalue weighted by atomic mass is 16.5. The van der Waals surface area contributed by atoms with Crippen LogP contribution in [0, 0.1) is 0 Å². The molecule has 18 heavy (non-hydrogen) atoms. The number of rotatable bonds is 4. The zero-order valence-electron chi connectivity index (χ0n) is 10.3. The van der Waals surface area contributed by atoms with Gasteiger partial charge in [-0.3, -0.25) is 9.69 Å². The van der Waals surface area contributed by atoms with E-state index < -0.39 is 12.0 Å². The number of phenolic OH excluding ortho intramolecular Hbond substituents is 1. The molecule has 1 aromatic rings. The molecule has 1 atom stereocenters. The van der Waals surface area contributed by atoms with Crippen LogP contribution >= 0.6 is 0 Å². The molecule has 1 aliphatic heterocycles. The van der Waals surface area contributed by atoms with E-state index in [0.717, 1.165) is 18.5 Å². The minimum atomic E-state index is -0.773. The molecule has 0 saturated carbocycles. The summed E-state index contributed by atoms with van der Waals surface area (Å²) in [5.74, 6) is -0.263. The standard InChI is InChI=1S/C13H17NO4/c1-18-12-5-4-9(7-11(12)15)8-14-6-2-3-10(14)13(16)17/h4-5,7,10,15H,2-3,6,8H2,1H3,(H,16,17). The van der Waals surface area contributed by atoms with Gasteiger partial charge < -0.3 is 14.9 Å². The maximum absolute atomic E-state index is 11.1. The molecule has 1 saturated heterocycles. The van der Waals surface area contributed by atoms with Crippen LogP contribution in [0.5, 0.6) is 11.5 Å². The van der Waals surface area contributed by atoms with Gasteiger partial charge in [-0.2, -0.15) is 0 Å². The molecule has 1 fully saturated rings. The van der Waals surface area contributed by atoms with Crippen LogP contribution in [-0.2, 0) is 11.3 Å². The number of benzene rings is 1. The molecule has 0 amide bonds. The second-order valence-electron chi connectivity index (χ2n) is 4.47. The number of hydrogen-bond donors (Lipinski definition) is 2. The molecule has 0 radical (unpaired) electrons. The Balaban J connectivity index is 2.09. The number of carboxylic acid groups (broad SMARTS) is 1. The molecule has 1 aliphatic rings. The van der Waals surface area contributed by atoms with Crippen molar-refractivity contribution in [2.45, 2.75) is 25.4 Å². The van der Waals surface area contributed by atoms with E-state index in [-0.39, 0.29) is 5.75 Å². The lowest BCUT2D eigenvalue weighted by atomic mass is 10.1. The largest absolute Gasteiger partial charge is 0.504 e. The third kappa shape index (κ3) is 2.56. The molecule has 98 valence electrons. The topological polar surface area (TPSA) is 70.0 Å². The third-order valence-electron chi connectivity index (χ3n) is 3.28. The van der Waals surface area contributed by atoms with Crippen LogP contribution in [0.15, 0.2) is 18.2 Å². The summed E-state index contributed by atoms with van der Waals surface area (Å²) in [7, 11) is 1.50. The van der Waals surface area contributed by atoms with Gasteiger partial charge in [-0.25, -0.2) is 0 Å². The maximum Gasteiger partial charge on any atom is 0.320 e. The average Bonchev–Trinajstić information content (AvgIpc) is 2.77. The lowest BCUT2D eigenvalue weighted by Crippen LogP contribution is -2.35. The quantitative estimate of drug-likeness (QED) is 0.847. The number of carboxylic acids is 1. The van der Waals surface area contributed by atoms with Gasteiger partial charge in [-0.15, -0.1) is 0 Å². The summed E-state index contributed by atoms with van der Waals surface area (Å²) in [6.45, 7) is 1.32. The Kier molecular flexibility index (Phi) is 3.72. The first-order valence-corrected chi connectivity index (χ1v) is 5.94. The molecular formula is C13H17NO4. The second kappa shape index (κ2) is 5.27. The first kappa shape index (κ1) is 12.7. The van der Waals surface area contributed by atoms with Gasteiger partial charge >= 0.3 is 5.97 Å². The van der Waals surface area contributed by atoms with Gasteiger partial charge in [0.05, 0.1) is 7.11 Å². The number of aliphatic carboxylic acids is 1. The summed E-state index contributed by atoms with van der Waals surface area (Å²) in [6, 6.07) is 4.75. The number of nitrogens with zero attached hydrogens (tertiary/aromatic N) is 1. The van der Waals surface area contributed by atoms with Crippen molar-refractivity contribution in [2.75, 3.05) is 13.7 Å². The highest BCUT2D eigenvalue weighted by Gasteiger charge is 2.30. The monoisotopic (exact) mass is 251 g/mol. The number of likely N-dealkylation sites (tertiary alicyclic amines) is 1. The minimum Gasteiger partial charge on any atom is -0.504 e. The molecule has 2 N–H and O–H groups in total. The Morgan fingerprint density at radius 2 is 2.33 bits per heavy atom. The summed E-state index contributed by atoms with van der Waals surface area (Å²) in [4.78, 5) is 13.0. The van der Waals surface area contributed by atoms with Gasteiger partial charge in [0.25, 0.3) is 0 Å². The molecule has 2 rings (SSSR count). The molecule has 0 aromatic heterocycles. The van der Waals surface area contributed by atoms with Crippen molar-refractivity contribution in [3.8, 4) is 11.5 Å². The summed E-state index contributed by atoms with van der Waals surface area (Å²) in [5.41, 5.74) is 0.890. The van der Waals surface area contributed by atoms with Crippen LogP contribution in [0.3, 0.4) is 0 Å². The molecule has 0 spiro atoms. The van der Waals surface area contributed by atoms with E-state index in [0.29, 0.717) is 18.7 Å². The fourth-order valence-electron chi connectivity index (χ4n) is 2.36. The predicted octanol–water partition coefficient (Wildman–Crippen LogP) is 1.45. The third-order valence-corrected chi connectivity index (χ3v) is 3.28. The smallest absolute Gasteiger partial charge is 0.320 e. The molecule has 0 aliphatic carbocycles. The average molecular weight is 251 g/mol. The highest BCUT2D eigenvalue weighted by molar-refractivity contribution is 5.73. The van der Waals surface area contributed by atoms with Crippen molar-refractivity contribution in [1.82, 2.24) is 4.90 Å². The van der Waals surface area contributed by atoms with Gasteiger partial charge in [0.1, 0.15) is 6.04 Å². The molecule has 1 heterocycles. The van der Waals surface area contributed by atoms with Crippen LogP contribution in [0.1, 0.15) is 18.4 Å². The van der Waals surface area contributed by atoms with E-state index in [9.17, 15) is 9.90 Å². The highest BCUT2D eigenvalue weighted by Crippen LogP contribution is 2.28. The van der Waals surface area contributed by atoms with E-state index in [2.05, 4.69) is 0 Å².